The summed E-state index contributed by atoms with van der Waals surface area (Å²) in [6.07, 6.45) is 0.895. The summed E-state index contributed by atoms with van der Waals surface area (Å²) in [5, 5.41) is 8.03. The van der Waals surface area contributed by atoms with Gasteiger partial charge in [-0.2, -0.15) is 9.61 Å². The summed E-state index contributed by atoms with van der Waals surface area (Å²) < 4.78 is 1.47. The van der Waals surface area contributed by atoms with Crippen LogP contribution < -0.4 is 10.9 Å². The lowest BCUT2D eigenvalue weighted by Crippen LogP contribution is -2.29. The zero-order valence-electron chi connectivity index (χ0n) is 12.7. The number of nitrogens with one attached hydrogen (secondary N) is 2. The van der Waals surface area contributed by atoms with Crippen molar-refractivity contribution in [3.8, 4) is 0 Å². The molecule has 2 aromatic heterocycles. The second-order valence-electron chi connectivity index (χ2n) is 5.95. The number of benzene rings is 1. The molecule has 5 nitrogen and oxygen atoms in total. The van der Waals surface area contributed by atoms with Crippen LogP contribution in [0.3, 0.4) is 0 Å². The Labute approximate surface area is 128 Å². The molecular weight excluding hydrogens is 276 g/mol. The Bertz CT molecular complexity index is 922. The molecule has 0 unspecified atom stereocenters. The van der Waals surface area contributed by atoms with Crippen LogP contribution in [0.15, 0.2) is 35.1 Å². The molecule has 0 fully saturated rings. The third-order valence-electron chi connectivity index (χ3n) is 4.56. The lowest BCUT2D eigenvalue weighted by Gasteiger charge is -2.24. The summed E-state index contributed by atoms with van der Waals surface area (Å²) in [5.41, 5.74) is 5.91. The van der Waals surface area contributed by atoms with Gasteiger partial charge in [0.25, 0.3) is 5.56 Å². The highest BCUT2D eigenvalue weighted by molar-refractivity contribution is 5.43. The maximum Gasteiger partial charge on any atom is 0.277 e. The van der Waals surface area contributed by atoms with Gasteiger partial charge in [0.05, 0.1) is 11.7 Å². The van der Waals surface area contributed by atoms with Crippen LogP contribution in [-0.2, 0) is 13.0 Å². The van der Waals surface area contributed by atoms with Crippen LogP contribution in [0.5, 0.6) is 0 Å². The predicted molar refractivity (Wildman–Crippen MR) is 85.0 cm³/mol. The van der Waals surface area contributed by atoms with E-state index in [9.17, 15) is 4.79 Å². The van der Waals surface area contributed by atoms with Gasteiger partial charge < -0.3 is 10.3 Å². The van der Waals surface area contributed by atoms with Gasteiger partial charge in [0.2, 0.25) is 0 Å². The first-order valence-corrected chi connectivity index (χ1v) is 7.53. The summed E-state index contributed by atoms with van der Waals surface area (Å²) in [5.74, 6) is 0. The van der Waals surface area contributed by atoms with Gasteiger partial charge in [0, 0.05) is 23.9 Å². The van der Waals surface area contributed by atoms with Crippen molar-refractivity contribution in [3.05, 3.63) is 68.8 Å². The first kappa shape index (κ1) is 13.3. The van der Waals surface area contributed by atoms with Crippen molar-refractivity contribution >= 4 is 5.65 Å². The Morgan fingerprint density at radius 2 is 2.00 bits per heavy atom. The number of H-pyrrole nitrogens is 1. The first-order valence-electron chi connectivity index (χ1n) is 7.53. The molecule has 0 aliphatic carbocycles. The fraction of sp³-hybridized carbons (Fsp3) is 0.294. The van der Waals surface area contributed by atoms with Crippen molar-refractivity contribution in [2.45, 2.75) is 32.9 Å². The largest absolute Gasteiger partial charge is 0.343 e. The molecule has 0 saturated heterocycles. The van der Waals surface area contributed by atoms with Gasteiger partial charge in [-0.3, -0.25) is 4.79 Å². The molecule has 4 rings (SSSR count). The molecule has 0 amide bonds. The standard InChI is InChI=1S/C17H18N4O/c1-10-11(2)19-16-8-15(20-21(16)17(10)22)14-7-12-5-3-4-6-13(12)9-18-14/h3-6,8,14,18-19H,7,9H2,1-2H3/t14-/m1/s1. The topological polar surface area (TPSA) is 62.2 Å². The van der Waals surface area contributed by atoms with Crippen molar-refractivity contribution in [3.63, 3.8) is 0 Å². The molecule has 3 aromatic rings. The highest BCUT2D eigenvalue weighted by Crippen LogP contribution is 2.25. The Balaban J connectivity index is 1.77. The molecule has 1 aliphatic rings. The average molecular weight is 294 g/mol. The highest BCUT2D eigenvalue weighted by atomic mass is 16.1. The summed E-state index contributed by atoms with van der Waals surface area (Å²) in [6.45, 7) is 4.57. The summed E-state index contributed by atoms with van der Waals surface area (Å²) in [6, 6.07) is 10.6. The average Bonchev–Trinajstić information content (AvgIpc) is 2.96. The smallest absolute Gasteiger partial charge is 0.277 e. The Morgan fingerprint density at radius 3 is 2.82 bits per heavy atom. The highest BCUT2D eigenvalue weighted by Gasteiger charge is 2.22. The lowest BCUT2D eigenvalue weighted by molar-refractivity contribution is 0.485. The van der Waals surface area contributed by atoms with Gasteiger partial charge in [0.1, 0.15) is 5.65 Å². The van der Waals surface area contributed by atoms with E-state index in [1.165, 1.54) is 15.6 Å². The monoisotopic (exact) mass is 294 g/mol. The van der Waals surface area contributed by atoms with Crippen LogP contribution >= 0.6 is 0 Å². The minimum absolute atomic E-state index is 0.0475. The molecule has 5 heteroatoms. The Morgan fingerprint density at radius 1 is 1.23 bits per heavy atom. The molecule has 3 heterocycles. The quantitative estimate of drug-likeness (QED) is 0.722. The second kappa shape index (κ2) is 4.81. The molecule has 0 saturated carbocycles. The van der Waals surface area contributed by atoms with E-state index in [0.29, 0.717) is 5.56 Å². The Hall–Kier alpha value is -2.40. The van der Waals surface area contributed by atoms with E-state index in [1.807, 2.05) is 19.9 Å². The van der Waals surface area contributed by atoms with E-state index in [0.717, 1.165) is 30.0 Å². The van der Waals surface area contributed by atoms with Crippen molar-refractivity contribution in [1.82, 2.24) is 19.9 Å². The second-order valence-corrected chi connectivity index (χ2v) is 5.95. The minimum Gasteiger partial charge on any atom is -0.343 e. The van der Waals surface area contributed by atoms with Crippen molar-refractivity contribution in [2.75, 3.05) is 0 Å². The van der Waals surface area contributed by atoms with Crippen molar-refractivity contribution < 1.29 is 0 Å². The molecule has 0 spiro atoms. The number of hydrogen-bond donors (Lipinski definition) is 2. The van der Waals surface area contributed by atoms with Crippen LogP contribution in [0.2, 0.25) is 0 Å². The third kappa shape index (κ3) is 1.97. The van der Waals surface area contributed by atoms with Crippen LogP contribution in [0.4, 0.5) is 0 Å². The molecule has 0 bridgehead atoms. The number of aromatic amines is 1. The molecular formula is C17H18N4O. The zero-order valence-corrected chi connectivity index (χ0v) is 12.7. The SMILES string of the molecule is Cc1[nH]c2cc([C@H]3Cc4ccccc4CN3)nn2c(=O)c1C. The van der Waals surface area contributed by atoms with Gasteiger partial charge in [0.15, 0.2) is 0 Å². The van der Waals surface area contributed by atoms with Crippen LogP contribution in [0.25, 0.3) is 5.65 Å². The summed E-state index contributed by atoms with van der Waals surface area (Å²) in [4.78, 5) is 15.6. The summed E-state index contributed by atoms with van der Waals surface area (Å²) >= 11 is 0. The molecule has 1 aromatic carbocycles. The van der Waals surface area contributed by atoms with Crippen LogP contribution in [0, 0.1) is 13.8 Å². The number of hydrogen-bond acceptors (Lipinski definition) is 3. The maximum absolute atomic E-state index is 12.3. The molecule has 22 heavy (non-hydrogen) atoms. The number of aryl methyl sites for hydroxylation is 1. The number of aromatic nitrogens is 3. The first-order chi connectivity index (χ1) is 10.6. The van der Waals surface area contributed by atoms with Gasteiger partial charge >= 0.3 is 0 Å². The fourth-order valence-electron chi connectivity index (χ4n) is 3.08. The Kier molecular flexibility index (Phi) is 2.90. The number of rotatable bonds is 1. The number of fused-ring (bicyclic) bond motifs is 2. The molecule has 2 N–H and O–H groups in total. The maximum atomic E-state index is 12.3. The molecule has 0 radical (unpaired) electrons. The summed E-state index contributed by atoms with van der Waals surface area (Å²) in [7, 11) is 0. The van der Waals surface area contributed by atoms with E-state index < -0.39 is 0 Å². The van der Waals surface area contributed by atoms with Crippen molar-refractivity contribution in [2.24, 2.45) is 0 Å². The molecule has 1 aliphatic heterocycles. The van der Waals surface area contributed by atoms with Crippen LogP contribution in [0.1, 0.15) is 34.1 Å². The normalized spacial score (nSPS) is 17.6. The third-order valence-corrected chi connectivity index (χ3v) is 4.56. The molecule has 112 valence electrons. The van der Waals surface area contributed by atoms with Crippen LogP contribution in [-0.4, -0.2) is 14.6 Å². The van der Waals surface area contributed by atoms with Gasteiger partial charge in [-0.25, -0.2) is 0 Å². The van der Waals surface area contributed by atoms with E-state index in [1.54, 1.807) is 0 Å². The predicted octanol–water partition coefficient (Wildman–Crippen LogP) is 2.03. The van der Waals surface area contributed by atoms with Gasteiger partial charge in [-0.15, -0.1) is 0 Å². The number of nitrogens with zero attached hydrogens (tertiary/aromatic N) is 2. The fourth-order valence-corrected chi connectivity index (χ4v) is 3.08. The van der Waals surface area contributed by atoms with Gasteiger partial charge in [-0.05, 0) is 31.4 Å². The van der Waals surface area contributed by atoms with E-state index >= 15 is 0 Å². The van der Waals surface area contributed by atoms with E-state index in [4.69, 9.17) is 0 Å². The molecule has 1 atom stereocenters. The zero-order chi connectivity index (χ0) is 15.3. The lowest BCUT2D eigenvalue weighted by atomic mass is 9.94. The minimum atomic E-state index is -0.0475. The van der Waals surface area contributed by atoms with Gasteiger partial charge in [-0.1, -0.05) is 24.3 Å². The van der Waals surface area contributed by atoms with E-state index in [2.05, 4.69) is 39.7 Å². The van der Waals surface area contributed by atoms with Crippen molar-refractivity contribution in [1.29, 1.82) is 0 Å². The van der Waals surface area contributed by atoms with E-state index in [-0.39, 0.29) is 11.6 Å².